The van der Waals surface area contributed by atoms with Crippen molar-refractivity contribution in [2.75, 3.05) is 11.9 Å². The molecule has 0 aliphatic heterocycles. The van der Waals surface area contributed by atoms with Crippen molar-refractivity contribution in [2.45, 2.75) is 13.0 Å². The molecule has 0 saturated carbocycles. The van der Waals surface area contributed by atoms with Gasteiger partial charge in [-0.3, -0.25) is 9.78 Å². The van der Waals surface area contributed by atoms with E-state index in [-0.39, 0.29) is 5.91 Å². The maximum absolute atomic E-state index is 12.0. The summed E-state index contributed by atoms with van der Waals surface area (Å²) in [7, 11) is 0. The number of hydrogen-bond acceptors (Lipinski definition) is 4. The van der Waals surface area contributed by atoms with Crippen molar-refractivity contribution in [3.8, 4) is 11.5 Å². The Morgan fingerprint density at radius 3 is 2.82 bits per heavy atom. The first kappa shape index (κ1) is 15.7. The molecule has 0 spiro atoms. The second-order valence-corrected chi connectivity index (χ2v) is 4.57. The Morgan fingerprint density at radius 2 is 2.09 bits per heavy atom. The maximum Gasteiger partial charge on any atom is 0.253 e. The Bertz CT molecular complexity index is 629. The summed E-state index contributed by atoms with van der Waals surface area (Å²) < 4.78 is 11.0. The number of aromatic nitrogens is 1. The molecule has 1 atom stereocenters. The number of nitrogens with one attached hydrogen (secondary N) is 1. The summed E-state index contributed by atoms with van der Waals surface area (Å²) in [6.07, 6.45) is 4.36. The van der Waals surface area contributed by atoms with Crippen LogP contribution in [0.15, 0.2) is 61.4 Å². The van der Waals surface area contributed by atoms with Gasteiger partial charge in [-0.15, -0.1) is 6.58 Å². The quantitative estimate of drug-likeness (QED) is 0.796. The SMILES string of the molecule is C=CCOC(C)C(=O)Nc1cccc(Oc2ccncc2)c1. The second-order valence-electron chi connectivity index (χ2n) is 4.57. The minimum absolute atomic E-state index is 0.220. The Labute approximate surface area is 129 Å². The van der Waals surface area contributed by atoms with Gasteiger partial charge in [-0.1, -0.05) is 12.1 Å². The van der Waals surface area contributed by atoms with Crippen LogP contribution in [-0.2, 0) is 9.53 Å². The molecule has 0 fully saturated rings. The van der Waals surface area contributed by atoms with E-state index in [0.717, 1.165) is 0 Å². The number of pyridine rings is 1. The van der Waals surface area contributed by atoms with Crippen molar-refractivity contribution in [1.29, 1.82) is 0 Å². The lowest BCUT2D eigenvalue weighted by Gasteiger charge is -2.13. The average molecular weight is 298 g/mol. The van der Waals surface area contributed by atoms with E-state index in [4.69, 9.17) is 9.47 Å². The minimum Gasteiger partial charge on any atom is -0.457 e. The molecule has 0 saturated heterocycles. The van der Waals surface area contributed by atoms with Crippen LogP contribution >= 0.6 is 0 Å². The standard InChI is InChI=1S/C17H18N2O3/c1-3-11-21-13(2)17(20)19-14-5-4-6-16(12-14)22-15-7-9-18-10-8-15/h3-10,12-13H,1,11H2,2H3,(H,19,20). The highest BCUT2D eigenvalue weighted by atomic mass is 16.5. The van der Waals surface area contributed by atoms with E-state index in [0.29, 0.717) is 23.8 Å². The van der Waals surface area contributed by atoms with E-state index in [1.54, 1.807) is 55.7 Å². The van der Waals surface area contributed by atoms with Crippen molar-refractivity contribution in [2.24, 2.45) is 0 Å². The van der Waals surface area contributed by atoms with Gasteiger partial charge in [0.05, 0.1) is 6.61 Å². The molecular weight excluding hydrogens is 280 g/mol. The average Bonchev–Trinajstić information content (AvgIpc) is 2.54. The Balaban J connectivity index is 1.99. The number of nitrogens with zero attached hydrogens (tertiary/aromatic N) is 1. The fourth-order valence-corrected chi connectivity index (χ4v) is 1.71. The summed E-state index contributed by atoms with van der Waals surface area (Å²) >= 11 is 0. The topological polar surface area (TPSA) is 60.5 Å². The number of benzene rings is 1. The highest BCUT2D eigenvalue weighted by molar-refractivity contribution is 5.94. The highest BCUT2D eigenvalue weighted by Crippen LogP contribution is 2.23. The Kier molecular flexibility index (Phi) is 5.68. The van der Waals surface area contributed by atoms with E-state index in [1.807, 2.05) is 6.07 Å². The lowest BCUT2D eigenvalue weighted by molar-refractivity contribution is -0.125. The summed E-state index contributed by atoms with van der Waals surface area (Å²) in [4.78, 5) is 15.9. The summed E-state index contributed by atoms with van der Waals surface area (Å²) in [5.41, 5.74) is 0.644. The van der Waals surface area contributed by atoms with E-state index >= 15 is 0 Å². The molecule has 2 rings (SSSR count). The summed E-state index contributed by atoms with van der Waals surface area (Å²) in [6, 6.07) is 10.7. The van der Waals surface area contributed by atoms with Gasteiger partial charge in [0.15, 0.2) is 0 Å². The van der Waals surface area contributed by atoms with Crippen molar-refractivity contribution < 1.29 is 14.3 Å². The van der Waals surface area contributed by atoms with Gasteiger partial charge in [0, 0.05) is 24.1 Å². The summed E-state index contributed by atoms with van der Waals surface area (Å²) in [6.45, 7) is 5.57. The fourth-order valence-electron chi connectivity index (χ4n) is 1.71. The molecule has 22 heavy (non-hydrogen) atoms. The number of ether oxygens (including phenoxy) is 2. The van der Waals surface area contributed by atoms with Gasteiger partial charge in [0.1, 0.15) is 17.6 Å². The van der Waals surface area contributed by atoms with Crippen LogP contribution in [0, 0.1) is 0 Å². The van der Waals surface area contributed by atoms with E-state index in [9.17, 15) is 4.79 Å². The lowest BCUT2D eigenvalue weighted by Crippen LogP contribution is -2.27. The van der Waals surface area contributed by atoms with Crippen molar-refractivity contribution in [3.63, 3.8) is 0 Å². The Hall–Kier alpha value is -2.66. The second kappa shape index (κ2) is 7.95. The molecule has 0 bridgehead atoms. The van der Waals surface area contributed by atoms with E-state index < -0.39 is 6.10 Å². The number of carbonyl (C=O) groups is 1. The zero-order valence-corrected chi connectivity index (χ0v) is 12.4. The number of hydrogen-bond donors (Lipinski definition) is 1. The largest absolute Gasteiger partial charge is 0.457 e. The number of amides is 1. The molecule has 1 aromatic carbocycles. The Morgan fingerprint density at radius 1 is 1.32 bits per heavy atom. The first-order chi connectivity index (χ1) is 10.7. The predicted molar refractivity (Wildman–Crippen MR) is 85.0 cm³/mol. The zero-order chi connectivity index (χ0) is 15.8. The molecule has 2 aromatic rings. The first-order valence-corrected chi connectivity index (χ1v) is 6.90. The van der Waals surface area contributed by atoms with Crippen LogP contribution in [0.5, 0.6) is 11.5 Å². The molecule has 0 aliphatic carbocycles. The molecule has 114 valence electrons. The number of carbonyl (C=O) groups excluding carboxylic acids is 1. The van der Waals surface area contributed by atoms with Crippen LogP contribution in [0.2, 0.25) is 0 Å². The molecule has 1 amide bonds. The molecule has 1 N–H and O–H groups in total. The molecule has 5 heteroatoms. The van der Waals surface area contributed by atoms with Crippen molar-refractivity contribution in [3.05, 3.63) is 61.4 Å². The molecule has 1 heterocycles. The van der Waals surface area contributed by atoms with E-state index in [2.05, 4.69) is 16.9 Å². The normalized spacial score (nSPS) is 11.5. The number of rotatable bonds is 7. The van der Waals surface area contributed by atoms with Gasteiger partial charge in [-0.05, 0) is 31.2 Å². The predicted octanol–water partition coefficient (Wildman–Crippen LogP) is 3.40. The van der Waals surface area contributed by atoms with Crippen molar-refractivity contribution >= 4 is 11.6 Å². The third kappa shape index (κ3) is 4.71. The van der Waals surface area contributed by atoms with Crippen LogP contribution in [0.3, 0.4) is 0 Å². The third-order valence-corrected chi connectivity index (χ3v) is 2.82. The van der Waals surface area contributed by atoms with Crippen LogP contribution in [0.1, 0.15) is 6.92 Å². The lowest BCUT2D eigenvalue weighted by atomic mass is 10.2. The van der Waals surface area contributed by atoms with Gasteiger partial charge in [-0.2, -0.15) is 0 Å². The summed E-state index contributed by atoms with van der Waals surface area (Å²) in [5.74, 6) is 1.09. The minimum atomic E-state index is -0.553. The molecule has 1 aromatic heterocycles. The smallest absolute Gasteiger partial charge is 0.253 e. The van der Waals surface area contributed by atoms with Gasteiger partial charge < -0.3 is 14.8 Å². The van der Waals surface area contributed by atoms with Gasteiger partial charge in [0.2, 0.25) is 0 Å². The van der Waals surface area contributed by atoms with Crippen LogP contribution in [0.25, 0.3) is 0 Å². The summed E-state index contributed by atoms with van der Waals surface area (Å²) in [5, 5.41) is 2.79. The maximum atomic E-state index is 12.0. The molecule has 1 unspecified atom stereocenters. The highest BCUT2D eigenvalue weighted by Gasteiger charge is 2.13. The van der Waals surface area contributed by atoms with Gasteiger partial charge in [0.25, 0.3) is 5.91 Å². The van der Waals surface area contributed by atoms with Crippen LogP contribution in [-0.4, -0.2) is 23.6 Å². The van der Waals surface area contributed by atoms with Gasteiger partial charge in [-0.25, -0.2) is 0 Å². The molecule has 0 radical (unpaired) electrons. The monoisotopic (exact) mass is 298 g/mol. The zero-order valence-electron chi connectivity index (χ0n) is 12.4. The van der Waals surface area contributed by atoms with Crippen molar-refractivity contribution in [1.82, 2.24) is 4.98 Å². The number of anilines is 1. The fraction of sp³-hybridized carbons (Fsp3) is 0.176. The first-order valence-electron chi connectivity index (χ1n) is 6.90. The van der Waals surface area contributed by atoms with Crippen LogP contribution < -0.4 is 10.1 Å². The molecule has 5 nitrogen and oxygen atoms in total. The molecule has 0 aliphatic rings. The van der Waals surface area contributed by atoms with Crippen LogP contribution in [0.4, 0.5) is 5.69 Å². The molecular formula is C17H18N2O3. The van der Waals surface area contributed by atoms with E-state index in [1.165, 1.54) is 0 Å². The van der Waals surface area contributed by atoms with Gasteiger partial charge >= 0.3 is 0 Å². The third-order valence-electron chi connectivity index (χ3n) is 2.82.